The van der Waals surface area contributed by atoms with Gasteiger partial charge in [-0.3, -0.25) is 0 Å². The summed E-state index contributed by atoms with van der Waals surface area (Å²) in [7, 11) is 0. The molecule has 122 valence electrons. The number of thioether (sulfide) groups is 1. The molecule has 0 spiro atoms. The molecule has 0 N–H and O–H groups in total. The van der Waals surface area contributed by atoms with E-state index in [-0.39, 0.29) is 0 Å². The molecular weight excluding hydrogens is 300 g/mol. The zero-order valence-corrected chi connectivity index (χ0v) is 14.7. The fourth-order valence-corrected chi connectivity index (χ4v) is 5.29. The molecule has 0 radical (unpaired) electrons. The van der Waals surface area contributed by atoms with Gasteiger partial charge in [-0.2, -0.15) is 0 Å². The van der Waals surface area contributed by atoms with Crippen molar-refractivity contribution < 1.29 is 4.74 Å². The monoisotopic (exact) mass is 326 g/mol. The largest absolute Gasteiger partial charge is 0.377 e. The Kier molecular flexibility index (Phi) is 4.64. The molecule has 23 heavy (non-hydrogen) atoms. The normalized spacial score (nSPS) is 27.6. The first kappa shape index (κ1) is 15.5. The quantitative estimate of drug-likeness (QED) is 0.623. The van der Waals surface area contributed by atoms with Gasteiger partial charge in [0.05, 0.1) is 12.7 Å². The lowest BCUT2D eigenvalue weighted by Crippen LogP contribution is -2.21. The van der Waals surface area contributed by atoms with Gasteiger partial charge in [0.25, 0.3) is 0 Å². The maximum absolute atomic E-state index is 6.17. The van der Waals surface area contributed by atoms with Crippen LogP contribution < -0.4 is 0 Å². The van der Waals surface area contributed by atoms with Gasteiger partial charge in [-0.05, 0) is 66.8 Å². The molecule has 2 bridgehead atoms. The Balaban J connectivity index is 1.26. The Morgan fingerprint density at radius 1 is 1.09 bits per heavy atom. The van der Waals surface area contributed by atoms with Crippen molar-refractivity contribution in [2.45, 2.75) is 43.6 Å². The van der Waals surface area contributed by atoms with Gasteiger partial charge >= 0.3 is 0 Å². The zero-order chi connectivity index (χ0) is 15.6. The number of benzene rings is 2. The molecule has 2 fully saturated rings. The van der Waals surface area contributed by atoms with Gasteiger partial charge in [0.15, 0.2) is 0 Å². The second kappa shape index (κ2) is 6.86. The van der Waals surface area contributed by atoms with Crippen LogP contribution in [0.25, 0.3) is 10.8 Å². The van der Waals surface area contributed by atoms with Gasteiger partial charge in [0.1, 0.15) is 0 Å². The van der Waals surface area contributed by atoms with Crippen molar-refractivity contribution in [1.29, 1.82) is 0 Å². The van der Waals surface area contributed by atoms with Crippen molar-refractivity contribution in [2.75, 3.05) is 12.4 Å². The van der Waals surface area contributed by atoms with Crippen molar-refractivity contribution in [3.63, 3.8) is 0 Å². The summed E-state index contributed by atoms with van der Waals surface area (Å²) in [4.78, 5) is 1.35. The molecule has 0 saturated heterocycles. The summed E-state index contributed by atoms with van der Waals surface area (Å²) in [6, 6.07) is 15.3. The average molecular weight is 327 g/mol. The number of hydrogen-bond acceptors (Lipinski definition) is 2. The van der Waals surface area contributed by atoms with E-state index in [0.717, 1.165) is 30.1 Å². The second-order valence-electron chi connectivity index (χ2n) is 7.40. The van der Waals surface area contributed by atoms with E-state index in [9.17, 15) is 0 Å². The number of hydrogen-bond donors (Lipinski definition) is 0. The summed E-state index contributed by atoms with van der Waals surface area (Å²) in [6.07, 6.45) is 6.18. The molecule has 2 aliphatic carbocycles. The lowest BCUT2D eigenvalue weighted by atomic mass is 9.89. The van der Waals surface area contributed by atoms with E-state index in [1.165, 1.54) is 41.4 Å². The molecule has 4 unspecified atom stereocenters. The first-order valence-corrected chi connectivity index (χ1v) is 9.99. The van der Waals surface area contributed by atoms with Crippen LogP contribution in [0.1, 0.15) is 32.6 Å². The molecule has 2 aromatic carbocycles. The van der Waals surface area contributed by atoms with Gasteiger partial charge in [0, 0.05) is 10.6 Å². The molecule has 2 heteroatoms. The van der Waals surface area contributed by atoms with Crippen LogP contribution in [0.4, 0.5) is 0 Å². The van der Waals surface area contributed by atoms with Crippen LogP contribution in [-0.2, 0) is 4.74 Å². The predicted molar refractivity (Wildman–Crippen MR) is 99.0 cm³/mol. The van der Waals surface area contributed by atoms with Gasteiger partial charge < -0.3 is 4.74 Å². The lowest BCUT2D eigenvalue weighted by molar-refractivity contribution is 0.0387. The third-order valence-electron chi connectivity index (χ3n) is 5.68. The minimum Gasteiger partial charge on any atom is -0.377 e. The fourth-order valence-electron chi connectivity index (χ4n) is 4.39. The molecule has 2 aliphatic rings. The van der Waals surface area contributed by atoms with Crippen LogP contribution in [0.3, 0.4) is 0 Å². The highest BCUT2D eigenvalue weighted by molar-refractivity contribution is 7.99. The fraction of sp³-hybridized carbons (Fsp3) is 0.524. The summed E-state index contributed by atoms with van der Waals surface area (Å²) < 4.78 is 6.17. The summed E-state index contributed by atoms with van der Waals surface area (Å²) in [5.41, 5.74) is 0. The minimum atomic E-state index is 0.339. The van der Waals surface area contributed by atoms with E-state index in [0.29, 0.717) is 6.10 Å². The molecule has 0 aliphatic heterocycles. The van der Waals surface area contributed by atoms with Crippen LogP contribution in [0, 0.1) is 17.8 Å². The Hall–Kier alpha value is -0.990. The SMILES string of the molecule is CC(CSc1ccc2ccccc2c1)OCC1CC2CCC1C2. The van der Waals surface area contributed by atoms with Crippen molar-refractivity contribution in [2.24, 2.45) is 17.8 Å². The van der Waals surface area contributed by atoms with Crippen molar-refractivity contribution >= 4 is 22.5 Å². The third-order valence-corrected chi connectivity index (χ3v) is 6.91. The molecule has 0 aromatic heterocycles. The molecule has 2 aromatic rings. The summed E-state index contributed by atoms with van der Waals surface area (Å²) in [5.74, 6) is 3.89. The topological polar surface area (TPSA) is 9.23 Å². The zero-order valence-electron chi connectivity index (χ0n) is 13.9. The third kappa shape index (κ3) is 3.59. The minimum absolute atomic E-state index is 0.339. The van der Waals surface area contributed by atoms with Crippen LogP contribution >= 0.6 is 11.8 Å². The Bertz CT molecular complexity index is 668. The Morgan fingerprint density at radius 2 is 1.96 bits per heavy atom. The van der Waals surface area contributed by atoms with E-state index >= 15 is 0 Å². The number of ether oxygens (including phenoxy) is 1. The van der Waals surface area contributed by atoms with Gasteiger partial charge in [0.2, 0.25) is 0 Å². The number of fused-ring (bicyclic) bond motifs is 3. The Morgan fingerprint density at radius 3 is 2.74 bits per heavy atom. The van der Waals surface area contributed by atoms with E-state index < -0.39 is 0 Å². The van der Waals surface area contributed by atoms with Crippen molar-refractivity contribution in [3.8, 4) is 0 Å². The van der Waals surface area contributed by atoms with Gasteiger partial charge in [-0.25, -0.2) is 0 Å². The summed E-state index contributed by atoms with van der Waals surface area (Å²) in [6.45, 7) is 3.21. The maximum Gasteiger partial charge on any atom is 0.0641 e. The van der Waals surface area contributed by atoms with Crippen LogP contribution in [-0.4, -0.2) is 18.5 Å². The molecule has 4 atom stereocenters. The highest BCUT2D eigenvalue weighted by Crippen LogP contribution is 2.48. The lowest BCUT2D eigenvalue weighted by Gasteiger charge is -2.23. The summed E-state index contributed by atoms with van der Waals surface area (Å²) >= 11 is 1.92. The second-order valence-corrected chi connectivity index (χ2v) is 8.49. The average Bonchev–Trinajstić information content (AvgIpc) is 3.21. The molecule has 4 rings (SSSR count). The van der Waals surface area contributed by atoms with Crippen LogP contribution in [0.15, 0.2) is 47.4 Å². The Labute approximate surface area is 143 Å². The van der Waals surface area contributed by atoms with Crippen LogP contribution in [0.5, 0.6) is 0 Å². The van der Waals surface area contributed by atoms with E-state index in [1.807, 2.05) is 11.8 Å². The first-order valence-electron chi connectivity index (χ1n) is 9.01. The standard InChI is InChI=1S/C21H26OS/c1-15(22-13-20-11-16-6-7-19(20)10-16)14-23-21-9-8-17-4-2-3-5-18(17)12-21/h2-5,8-9,12,15-16,19-20H,6-7,10-11,13-14H2,1H3. The van der Waals surface area contributed by atoms with Crippen molar-refractivity contribution in [1.82, 2.24) is 0 Å². The van der Waals surface area contributed by atoms with Crippen molar-refractivity contribution in [3.05, 3.63) is 42.5 Å². The highest BCUT2D eigenvalue weighted by Gasteiger charge is 2.39. The smallest absolute Gasteiger partial charge is 0.0641 e. The first-order chi connectivity index (χ1) is 11.3. The van der Waals surface area contributed by atoms with Gasteiger partial charge in [-0.1, -0.05) is 36.8 Å². The molecular formula is C21H26OS. The molecule has 0 heterocycles. The number of rotatable bonds is 6. The van der Waals surface area contributed by atoms with Crippen LogP contribution in [0.2, 0.25) is 0 Å². The molecule has 1 nitrogen and oxygen atoms in total. The van der Waals surface area contributed by atoms with E-state index in [2.05, 4.69) is 49.4 Å². The van der Waals surface area contributed by atoms with Gasteiger partial charge in [-0.15, -0.1) is 11.8 Å². The highest BCUT2D eigenvalue weighted by atomic mass is 32.2. The summed E-state index contributed by atoms with van der Waals surface area (Å²) in [5, 5.41) is 2.64. The molecule has 2 saturated carbocycles. The van der Waals surface area contributed by atoms with E-state index in [4.69, 9.17) is 4.74 Å². The predicted octanol–water partition coefficient (Wildman–Crippen LogP) is 5.77. The molecule has 0 amide bonds. The maximum atomic E-state index is 6.17. The van der Waals surface area contributed by atoms with E-state index in [1.54, 1.807) is 0 Å².